The minimum atomic E-state index is -0.404. The number of nitrogens with two attached hydrogens (primary N) is 2. The number of thiophene rings is 1. The maximum absolute atomic E-state index is 11.5. The smallest absolute Gasteiger partial charge is 0.224 e. The highest BCUT2D eigenvalue weighted by Crippen LogP contribution is 2.37. The zero-order valence-electron chi connectivity index (χ0n) is 11.0. The van der Waals surface area contributed by atoms with Gasteiger partial charge in [-0.3, -0.25) is 9.69 Å². The molecule has 2 heterocycles. The summed E-state index contributed by atoms with van der Waals surface area (Å²) in [4.78, 5) is 15.1. The summed E-state index contributed by atoms with van der Waals surface area (Å²) >= 11 is 1.74. The summed E-state index contributed by atoms with van der Waals surface area (Å²) in [5.41, 5.74) is 12.3. The lowest BCUT2D eigenvalue weighted by atomic mass is 9.89. The van der Waals surface area contributed by atoms with Crippen LogP contribution in [0.25, 0.3) is 0 Å². The molecule has 2 unspecified atom stereocenters. The molecule has 0 aromatic carbocycles. The molecule has 1 aromatic heterocycles. The van der Waals surface area contributed by atoms with Gasteiger partial charge < -0.3 is 11.5 Å². The van der Waals surface area contributed by atoms with E-state index in [1.54, 1.807) is 11.3 Å². The molecule has 0 bridgehead atoms. The van der Waals surface area contributed by atoms with Crippen LogP contribution in [-0.4, -0.2) is 30.4 Å². The second-order valence-electron chi connectivity index (χ2n) is 5.36. The quantitative estimate of drug-likeness (QED) is 0.862. The Morgan fingerprint density at radius 2 is 2.39 bits per heavy atom. The molecule has 0 spiro atoms. The second kappa shape index (κ2) is 4.99. The number of hydrogen-bond acceptors (Lipinski definition) is 4. The van der Waals surface area contributed by atoms with Crippen molar-refractivity contribution >= 4 is 17.2 Å². The Labute approximate surface area is 112 Å². The number of rotatable bonds is 4. The molecule has 100 valence electrons. The van der Waals surface area contributed by atoms with Crippen LogP contribution < -0.4 is 11.5 Å². The minimum absolute atomic E-state index is 0.205. The van der Waals surface area contributed by atoms with Crippen LogP contribution in [0.2, 0.25) is 0 Å². The van der Waals surface area contributed by atoms with Gasteiger partial charge in [0.1, 0.15) is 0 Å². The number of nitrogens with zero attached hydrogens (tertiary/aromatic N) is 1. The standard InChI is InChI=1S/C13H21N3OS/c1-9-3-6-18-11(9)10(7-14)16-5-4-13(2,8-16)12(15)17/h3,6,10H,4-5,7-8,14H2,1-2H3,(H2,15,17). The molecule has 4 nitrogen and oxygen atoms in total. The predicted octanol–water partition coefficient (Wildman–Crippen LogP) is 1.25. The Balaban J connectivity index is 2.17. The first-order valence-corrected chi connectivity index (χ1v) is 7.14. The third-order valence-electron chi connectivity index (χ3n) is 3.97. The molecular formula is C13H21N3OS. The Bertz CT molecular complexity index is 445. The summed E-state index contributed by atoms with van der Waals surface area (Å²) in [5.74, 6) is -0.205. The largest absolute Gasteiger partial charge is 0.369 e. The lowest BCUT2D eigenvalue weighted by Gasteiger charge is -2.28. The Morgan fingerprint density at radius 1 is 1.67 bits per heavy atom. The molecule has 0 saturated carbocycles. The molecule has 1 amide bonds. The maximum atomic E-state index is 11.5. The van der Waals surface area contributed by atoms with E-state index < -0.39 is 5.41 Å². The summed E-state index contributed by atoms with van der Waals surface area (Å²) in [5, 5.41) is 2.09. The number of amides is 1. The first kappa shape index (κ1) is 13.5. The van der Waals surface area contributed by atoms with Crippen molar-refractivity contribution < 1.29 is 4.79 Å². The Hall–Kier alpha value is -0.910. The maximum Gasteiger partial charge on any atom is 0.224 e. The van der Waals surface area contributed by atoms with Crippen molar-refractivity contribution in [2.45, 2.75) is 26.3 Å². The van der Waals surface area contributed by atoms with Crippen LogP contribution in [0.4, 0.5) is 0 Å². The van der Waals surface area contributed by atoms with Crippen molar-refractivity contribution in [3.05, 3.63) is 21.9 Å². The minimum Gasteiger partial charge on any atom is -0.369 e. The highest BCUT2D eigenvalue weighted by Gasteiger charge is 2.41. The molecule has 1 fully saturated rings. The summed E-state index contributed by atoms with van der Waals surface area (Å²) in [6.45, 7) is 6.23. The lowest BCUT2D eigenvalue weighted by Crippen LogP contribution is -2.39. The first-order valence-electron chi connectivity index (χ1n) is 6.26. The van der Waals surface area contributed by atoms with Gasteiger partial charge in [0.25, 0.3) is 0 Å². The fourth-order valence-electron chi connectivity index (χ4n) is 2.61. The fourth-order valence-corrected chi connectivity index (χ4v) is 3.69. The number of carbonyl (C=O) groups excluding carboxylic acids is 1. The van der Waals surface area contributed by atoms with Crippen molar-refractivity contribution in [1.82, 2.24) is 4.90 Å². The predicted molar refractivity (Wildman–Crippen MR) is 74.3 cm³/mol. The Kier molecular flexibility index (Phi) is 3.75. The summed E-state index contributed by atoms with van der Waals surface area (Å²) in [6.07, 6.45) is 0.823. The van der Waals surface area contributed by atoms with Crippen molar-refractivity contribution in [3.8, 4) is 0 Å². The van der Waals surface area contributed by atoms with E-state index in [2.05, 4.69) is 23.3 Å². The van der Waals surface area contributed by atoms with Gasteiger partial charge in [0.15, 0.2) is 0 Å². The van der Waals surface area contributed by atoms with Gasteiger partial charge >= 0.3 is 0 Å². The van der Waals surface area contributed by atoms with E-state index in [1.807, 2.05) is 6.92 Å². The zero-order valence-corrected chi connectivity index (χ0v) is 11.8. The van der Waals surface area contributed by atoms with Crippen LogP contribution in [0.3, 0.4) is 0 Å². The molecule has 5 heteroatoms. The zero-order chi connectivity index (χ0) is 13.3. The van der Waals surface area contributed by atoms with Gasteiger partial charge in [-0.1, -0.05) is 0 Å². The van der Waals surface area contributed by atoms with Gasteiger partial charge in [0, 0.05) is 18.0 Å². The molecule has 2 rings (SSSR count). The van der Waals surface area contributed by atoms with E-state index in [0.717, 1.165) is 13.0 Å². The van der Waals surface area contributed by atoms with Crippen molar-refractivity contribution in [2.24, 2.45) is 16.9 Å². The number of likely N-dealkylation sites (tertiary alicyclic amines) is 1. The fraction of sp³-hybridized carbons (Fsp3) is 0.615. The van der Waals surface area contributed by atoms with E-state index in [4.69, 9.17) is 11.5 Å². The van der Waals surface area contributed by atoms with E-state index in [0.29, 0.717) is 13.1 Å². The average molecular weight is 267 g/mol. The number of aryl methyl sites for hydroxylation is 1. The van der Waals surface area contributed by atoms with Crippen LogP contribution in [0.15, 0.2) is 11.4 Å². The lowest BCUT2D eigenvalue weighted by molar-refractivity contribution is -0.126. The van der Waals surface area contributed by atoms with Crippen molar-refractivity contribution in [2.75, 3.05) is 19.6 Å². The molecule has 1 aliphatic heterocycles. The molecule has 1 saturated heterocycles. The van der Waals surface area contributed by atoms with Crippen LogP contribution >= 0.6 is 11.3 Å². The molecule has 18 heavy (non-hydrogen) atoms. The van der Waals surface area contributed by atoms with Crippen molar-refractivity contribution in [1.29, 1.82) is 0 Å². The normalized spacial score (nSPS) is 26.4. The molecule has 1 aliphatic rings. The monoisotopic (exact) mass is 267 g/mol. The molecular weight excluding hydrogens is 246 g/mol. The third-order valence-corrected chi connectivity index (χ3v) is 5.09. The summed E-state index contributed by atoms with van der Waals surface area (Å²) in [6, 6.07) is 2.33. The topological polar surface area (TPSA) is 72.3 Å². The molecule has 2 atom stereocenters. The van der Waals surface area contributed by atoms with E-state index in [9.17, 15) is 4.79 Å². The highest BCUT2D eigenvalue weighted by atomic mass is 32.1. The summed E-state index contributed by atoms with van der Waals surface area (Å²) in [7, 11) is 0. The molecule has 4 N–H and O–H groups in total. The number of primary amides is 1. The second-order valence-corrected chi connectivity index (χ2v) is 6.31. The van der Waals surface area contributed by atoms with Gasteiger partial charge in [-0.15, -0.1) is 11.3 Å². The van der Waals surface area contributed by atoms with E-state index in [1.165, 1.54) is 10.4 Å². The van der Waals surface area contributed by atoms with Gasteiger partial charge in [-0.05, 0) is 43.8 Å². The van der Waals surface area contributed by atoms with Crippen LogP contribution in [0.1, 0.15) is 29.8 Å². The Morgan fingerprint density at radius 3 is 2.83 bits per heavy atom. The molecule has 0 aliphatic carbocycles. The van der Waals surface area contributed by atoms with Gasteiger partial charge in [0.05, 0.1) is 11.5 Å². The average Bonchev–Trinajstić information content (AvgIpc) is 2.89. The van der Waals surface area contributed by atoms with Crippen LogP contribution in [-0.2, 0) is 4.79 Å². The van der Waals surface area contributed by atoms with Gasteiger partial charge in [-0.2, -0.15) is 0 Å². The number of hydrogen-bond donors (Lipinski definition) is 2. The highest BCUT2D eigenvalue weighted by molar-refractivity contribution is 7.10. The number of carbonyl (C=O) groups is 1. The van der Waals surface area contributed by atoms with Gasteiger partial charge in [-0.25, -0.2) is 0 Å². The SMILES string of the molecule is Cc1ccsc1C(CN)N1CCC(C)(C(N)=O)C1. The van der Waals surface area contributed by atoms with Crippen LogP contribution in [0, 0.1) is 12.3 Å². The van der Waals surface area contributed by atoms with E-state index >= 15 is 0 Å². The summed E-state index contributed by atoms with van der Waals surface area (Å²) < 4.78 is 0. The molecule has 1 aromatic rings. The van der Waals surface area contributed by atoms with Crippen molar-refractivity contribution in [3.63, 3.8) is 0 Å². The van der Waals surface area contributed by atoms with Crippen LogP contribution in [0.5, 0.6) is 0 Å². The van der Waals surface area contributed by atoms with Gasteiger partial charge in [0.2, 0.25) is 5.91 Å². The van der Waals surface area contributed by atoms with E-state index in [-0.39, 0.29) is 11.9 Å². The first-order chi connectivity index (χ1) is 8.48. The third kappa shape index (κ3) is 2.30. The molecule has 0 radical (unpaired) electrons.